The Morgan fingerprint density at radius 1 is 1.32 bits per heavy atom. The zero-order valence-corrected chi connectivity index (χ0v) is 15.5. The van der Waals surface area contributed by atoms with Gasteiger partial charge < -0.3 is 10.2 Å². The number of H-pyrrole nitrogens is 1. The molecule has 0 unspecified atom stereocenters. The first-order chi connectivity index (χ1) is 12.0. The Hall–Kier alpha value is -1.90. The van der Waals surface area contributed by atoms with Crippen molar-refractivity contribution >= 4 is 45.2 Å². The van der Waals surface area contributed by atoms with Gasteiger partial charge in [0.15, 0.2) is 5.69 Å². The molecule has 0 saturated carbocycles. The number of benzene rings is 1. The van der Waals surface area contributed by atoms with Crippen LogP contribution in [-0.2, 0) is 0 Å². The summed E-state index contributed by atoms with van der Waals surface area (Å²) in [4.78, 5) is 26.6. The van der Waals surface area contributed by atoms with E-state index < -0.39 is 5.91 Å². The summed E-state index contributed by atoms with van der Waals surface area (Å²) >= 11 is 9.34. The number of halogens is 2. The Morgan fingerprint density at radius 2 is 2.00 bits per heavy atom. The summed E-state index contributed by atoms with van der Waals surface area (Å²) in [6, 6.07) is 6.58. The fourth-order valence-corrected chi connectivity index (χ4v) is 3.28. The van der Waals surface area contributed by atoms with Gasteiger partial charge in [-0.25, -0.2) is 0 Å². The third kappa shape index (κ3) is 3.86. The maximum absolute atomic E-state index is 12.6. The van der Waals surface area contributed by atoms with Crippen molar-refractivity contribution in [3.8, 4) is 0 Å². The van der Waals surface area contributed by atoms with Crippen LogP contribution in [0.4, 0.5) is 5.82 Å². The van der Waals surface area contributed by atoms with Gasteiger partial charge in [-0.2, -0.15) is 5.10 Å². The predicted octanol–water partition coefficient (Wildman–Crippen LogP) is 2.97. The van der Waals surface area contributed by atoms with Crippen molar-refractivity contribution in [1.29, 1.82) is 0 Å². The molecule has 1 aliphatic heterocycles. The van der Waals surface area contributed by atoms with Crippen LogP contribution in [0.3, 0.4) is 0 Å². The van der Waals surface area contributed by atoms with Crippen LogP contribution in [0, 0.1) is 0 Å². The van der Waals surface area contributed by atoms with Crippen LogP contribution < -0.4 is 11.1 Å². The van der Waals surface area contributed by atoms with Gasteiger partial charge in [0, 0.05) is 19.1 Å². The van der Waals surface area contributed by atoms with Crippen molar-refractivity contribution in [1.82, 2.24) is 20.8 Å². The lowest BCUT2D eigenvalue weighted by molar-refractivity contribution is 0.0706. The lowest BCUT2D eigenvalue weighted by Crippen LogP contribution is -2.40. The van der Waals surface area contributed by atoms with Crippen molar-refractivity contribution in [2.75, 3.05) is 18.4 Å². The maximum atomic E-state index is 12.6. The highest BCUT2D eigenvalue weighted by atomic mass is 79.9. The zero-order valence-electron chi connectivity index (χ0n) is 13.2. The summed E-state index contributed by atoms with van der Waals surface area (Å²) < 4.78 is 0.394. The summed E-state index contributed by atoms with van der Waals surface area (Å²) in [5.41, 5.74) is 8.24. The van der Waals surface area contributed by atoms with Gasteiger partial charge in [0.05, 0.1) is 15.1 Å². The number of aromatic nitrogens is 2. The molecular formula is C16H16BrClN5O2. The number of hydrogen-bond donors (Lipinski definition) is 2. The normalized spacial score (nSPS) is 15.2. The van der Waals surface area contributed by atoms with Gasteiger partial charge in [-0.1, -0.05) is 23.7 Å². The molecule has 1 aromatic carbocycles. The van der Waals surface area contributed by atoms with E-state index >= 15 is 0 Å². The van der Waals surface area contributed by atoms with Crippen molar-refractivity contribution in [2.45, 2.75) is 18.9 Å². The van der Waals surface area contributed by atoms with Crippen LogP contribution in [0.5, 0.6) is 0 Å². The fourth-order valence-electron chi connectivity index (χ4n) is 2.61. The van der Waals surface area contributed by atoms with Gasteiger partial charge in [0.2, 0.25) is 0 Å². The highest BCUT2D eigenvalue weighted by molar-refractivity contribution is 9.10. The van der Waals surface area contributed by atoms with Crippen molar-refractivity contribution < 1.29 is 9.59 Å². The van der Waals surface area contributed by atoms with Crippen LogP contribution >= 0.6 is 27.5 Å². The Balaban J connectivity index is 1.74. The molecule has 7 nitrogen and oxygen atoms in total. The number of aromatic amines is 1. The largest absolute Gasteiger partial charge is 0.337 e. The van der Waals surface area contributed by atoms with E-state index in [1.165, 1.54) is 0 Å². The molecular weight excluding hydrogens is 410 g/mol. The number of nitrogens with one attached hydrogen (secondary N) is 3. The molecule has 1 aromatic heterocycles. The van der Waals surface area contributed by atoms with E-state index in [-0.39, 0.29) is 17.6 Å². The summed E-state index contributed by atoms with van der Waals surface area (Å²) in [7, 11) is 0. The summed E-state index contributed by atoms with van der Waals surface area (Å²) in [5.74, 6) is -0.333. The minimum absolute atomic E-state index is 0.114. The van der Waals surface area contributed by atoms with Crippen LogP contribution in [0.1, 0.15) is 33.7 Å². The first-order valence-electron chi connectivity index (χ1n) is 7.77. The fraction of sp³-hybridized carbons (Fsp3) is 0.312. The van der Waals surface area contributed by atoms with Crippen molar-refractivity contribution in [2.24, 2.45) is 0 Å². The summed E-state index contributed by atoms with van der Waals surface area (Å²) in [5, 5.41) is 9.69. The number of carbonyl (C=O) groups is 2. The van der Waals surface area contributed by atoms with Gasteiger partial charge in [0.1, 0.15) is 5.82 Å². The Kier molecular flexibility index (Phi) is 5.41. The van der Waals surface area contributed by atoms with E-state index in [9.17, 15) is 9.59 Å². The maximum Gasteiger partial charge on any atom is 0.275 e. The molecule has 131 valence electrons. The van der Waals surface area contributed by atoms with Gasteiger partial charge in [-0.15, -0.1) is 0 Å². The minimum atomic E-state index is -0.399. The SMILES string of the molecule is [NH]C1CCN(C(=O)c2n[nH]c(NC(=O)c3ccccc3Cl)c2Br)CC1. The number of likely N-dealkylation sites (tertiary alicyclic amines) is 1. The molecule has 9 heteroatoms. The number of anilines is 1. The Labute approximate surface area is 158 Å². The Morgan fingerprint density at radius 3 is 2.68 bits per heavy atom. The topological polar surface area (TPSA) is 102 Å². The molecule has 0 spiro atoms. The van der Waals surface area contributed by atoms with E-state index in [1.54, 1.807) is 29.2 Å². The first kappa shape index (κ1) is 17.9. The average molecular weight is 426 g/mol. The molecule has 0 bridgehead atoms. The van der Waals surface area contributed by atoms with E-state index in [0.29, 0.717) is 46.8 Å². The van der Waals surface area contributed by atoms with Crippen LogP contribution in [0.2, 0.25) is 5.02 Å². The number of hydrogen-bond acceptors (Lipinski definition) is 3. The number of amides is 2. The monoisotopic (exact) mass is 424 g/mol. The quantitative estimate of drug-likeness (QED) is 0.790. The third-order valence-corrected chi connectivity index (χ3v) is 5.15. The first-order valence-corrected chi connectivity index (χ1v) is 8.94. The minimum Gasteiger partial charge on any atom is -0.337 e. The number of carbonyl (C=O) groups excluding carboxylic acids is 2. The molecule has 2 heterocycles. The summed E-state index contributed by atoms with van der Waals surface area (Å²) in [6.45, 7) is 1.07. The second-order valence-electron chi connectivity index (χ2n) is 5.76. The van der Waals surface area contributed by atoms with Crippen LogP contribution in [-0.4, -0.2) is 46.0 Å². The molecule has 1 radical (unpaired) electrons. The van der Waals surface area contributed by atoms with E-state index in [4.69, 9.17) is 17.3 Å². The molecule has 2 amide bonds. The molecule has 25 heavy (non-hydrogen) atoms. The standard InChI is InChI=1S/C16H16BrClN5O2/c17-12-13(16(25)23-7-5-9(19)6-8-23)21-22-14(12)20-15(24)10-3-1-2-4-11(10)18/h1-4,9,19H,5-8H2,(H2,20,21,22,24). The highest BCUT2D eigenvalue weighted by Crippen LogP contribution is 2.27. The average Bonchev–Trinajstić information content (AvgIpc) is 2.96. The lowest BCUT2D eigenvalue weighted by atomic mass is 10.1. The summed E-state index contributed by atoms with van der Waals surface area (Å²) in [6.07, 6.45) is 1.31. The molecule has 1 fully saturated rings. The second-order valence-corrected chi connectivity index (χ2v) is 6.96. The number of rotatable bonds is 3. The number of piperidine rings is 1. The van der Waals surface area contributed by atoms with Gasteiger partial charge in [0.25, 0.3) is 11.8 Å². The zero-order chi connectivity index (χ0) is 18.0. The Bertz CT molecular complexity index is 802. The lowest BCUT2D eigenvalue weighted by Gasteiger charge is -2.29. The van der Waals surface area contributed by atoms with E-state index in [1.807, 2.05) is 0 Å². The van der Waals surface area contributed by atoms with E-state index in [2.05, 4.69) is 31.4 Å². The van der Waals surface area contributed by atoms with Crippen molar-refractivity contribution in [3.05, 3.63) is 45.0 Å². The molecule has 0 atom stereocenters. The predicted molar refractivity (Wildman–Crippen MR) is 97.7 cm³/mol. The van der Waals surface area contributed by atoms with Crippen LogP contribution in [0.15, 0.2) is 28.7 Å². The molecule has 2 aromatic rings. The molecule has 3 N–H and O–H groups in total. The van der Waals surface area contributed by atoms with Crippen molar-refractivity contribution in [3.63, 3.8) is 0 Å². The third-order valence-electron chi connectivity index (χ3n) is 4.05. The van der Waals surface area contributed by atoms with Gasteiger partial charge in [-0.05, 0) is 40.9 Å². The second kappa shape index (κ2) is 7.55. The van der Waals surface area contributed by atoms with E-state index in [0.717, 1.165) is 0 Å². The molecule has 1 aliphatic rings. The van der Waals surface area contributed by atoms with Gasteiger partial charge in [-0.3, -0.25) is 20.4 Å². The van der Waals surface area contributed by atoms with Gasteiger partial charge >= 0.3 is 0 Å². The highest BCUT2D eigenvalue weighted by Gasteiger charge is 2.27. The molecule has 3 rings (SSSR count). The molecule has 1 saturated heterocycles. The smallest absolute Gasteiger partial charge is 0.275 e. The number of nitrogens with zero attached hydrogens (tertiary/aromatic N) is 2. The van der Waals surface area contributed by atoms with Crippen LogP contribution in [0.25, 0.3) is 0 Å². The molecule has 0 aliphatic carbocycles.